The predicted molar refractivity (Wildman–Crippen MR) is 75.3 cm³/mol. The average Bonchev–Trinajstić information content (AvgIpc) is 2.81. The minimum Gasteiger partial charge on any atom is -0.490 e. The third-order valence-electron chi connectivity index (χ3n) is 3.14. The van der Waals surface area contributed by atoms with Crippen LogP contribution in [0.5, 0.6) is 11.5 Å². The summed E-state index contributed by atoms with van der Waals surface area (Å²) >= 11 is 3.30. The van der Waals surface area contributed by atoms with E-state index in [1.54, 1.807) is 30.3 Å². The van der Waals surface area contributed by atoms with Gasteiger partial charge in [-0.3, -0.25) is 0 Å². The van der Waals surface area contributed by atoms with Crippen LogP contribution in [0.15, 0.2) is 40.9 Å². The molecule has 0 aromatic heterocycles. The van der Waals surface area contributed by atoms with Gasteiger partial charge in [0.1, 0.15) is 36.6 Å². The monoisotopic (exact) mass is 338 g/mol. The number of halogens is 2. The van der Waals surface area contributed by atoms with Crippen molar-refractivity contribution in [1.82, 2.24) is 0 Å². The Labute approximate surface area is 124 Å². The molecule has 1 N–H and O–H groups in total. The molecule has 1 heterocycles. The number of hydrogen-bond acceptors (Lipinski definition) is 3. The lowest BCUT2D eigenvalue weighted by atomic mass is 10.1. The highest BCUT2D eigenvalue weighted by molar-refractivity contribution is 9.10. The van der Waals surface area contributed by atoms with E-state index in [9.17, 15) is 9.50 Å². The Morgan fingerprint density at radius 3 is 3.00 bits per heavy atom. The third kappa shape index (κ3) is 2.64. The van der Waals surface area contributed by atoms with Gasteiger partial charge in [0.2, 0.25) is 0 Å². The predicted octanol–water partition coefficient (Wildman–Crippen LogP) is 3.59. The summed E-state index contributed by atoms with van der Waals surface area (Å²) in [6.07, 6.45) is -0.582. The molecule has 0 aliphatic carbocycles. The molecule has 2 aromatic carbocycles. The van der Waals surface area contributed by atoms with E-state index in [0.717, 1.165) is 10.0 Å². The van der Waals surface area contributed by atoms with Crippen LogP contribution in [-0.2, 0) is 6.61 Å². The molecule has 0 radical (unpaired) electrons. The number of aliphatic hydroxyl groups is 1. The Balaban J connectivity index is 1.74. The van der Waals surface area contributed by atoms with Gasteiger partial charge in [-0.1, -0.05) is 15.9 Å². The molecule has 0 amide bonds. The number of rotatable bonds is 3. The SMILES string of the molecule is OC1COc2cc(OCc3cc(Br)ccc3F)ccc21. The van der Waals surface area contributed by atoms with Gasteiger partial charge in [0, 0.05) is 21.7 Å². The zero-order valence-electron chi connectivity index (χ0n) is 10.5. The van der Waals surface area contributed by atoms with Gasteiger partial charge in [0.05, 0.1) is 0 Å². The van der Waals surface area contributed by atoms with Gasteiger partial charge < -0.3 is 14.6 Å². The Morgan fingerprint density at radius 2 is 2.15 bits per heavy atom. The molecule has 5 heteroatoms. The molecule has 3 nitrogen and oxygen atoms in total. The third-order valence-corrected chi connectivity index (χ3v) is 3.64. The van der Waals surface area contributed by atoms with Crippen LogP contribution in [0, 0.1) is 5.82 Å². The standard InChI is InChI=1S/C15H12BrFO3/c16-10-1-4-13(17)9(5-10)7-19-11-2-3-12-14(18)8-20-15(12)6-11/h1-6,14,18H,7-8H2. The smallest absolute Gasteiger partial charge is 0.129 e. The molecule has 0 spiro atoms. The second-order valence-corrected chi connectivity index (χ2v) is 5.47. The van der Waals surface area contributed by atoms with Crippen LogP contribution >= 0.6 is 15.9 Å². The Bertz CT molecular complexity index is 645. The second-order valence-electron chi connectivity index (χ2n) is 4.55. The van der Waals surface area contributed by atoms with E-state index < -0.39 is 6.10 Å². The first-order valence-electron chi connectivity index (χ1n) is 6.15. The number of benzene rings is 2. The number of aliphatic hydroxyl groups excluding tert-OH is 1. The molecular formula is C15H12BrFO3. The van der Waals surface area contributed by atoms with Crippen molar-refractivity contribution >= 4 is 15.9 Å². The van der Waals surface area contributed by atoms with Crippen molar-refractivity contribution < 1.29 is 19.0 Å². The van der Waals surface area contributed by atoms with Crippen molar-refractivity contribution in [2.45, 2.75) is 12.7 Å². The molecule has 0 saturated heterocycles. The lowest BCUT2D eigenvalue weighted by Gasteiger charge is -2.09. The number of ether oxygens (including phenoxy) is 2. The molecule has 3 rings (SSSR count). The van der Waals surface area contributed by atoms with Crippen molar-refractivity contribution in [3.8, 4) is 11.5 Å². The number of fused-ring (bicyclic) bond motifs is 1. The maximum absolute atomic E-state index is 13.6. The van der Waals surface area contributed by atoms with E-state index in [-0.39, 0.29) is 19.0 Å². The van der Waals surface area contributed by atoms with Crippen LogP contribution in [-0.4, -0.2) is 11.7 Å². The van der Waals surface area contributed by atoms with E-state index in [4.69, 9.17) is 9.47 Å². The maximum Gasteiger partial charge on any atom is 0.129 e. The second kappa shape index (κ2) is 5.42. The minimum absolute atomic E-state index is 0.132. The van der Waals surface area contributed by atoms with Crippen LogP contribution in [0.25, 0.3) is 0 Å². The summed E-state index contributed by atoms with van der Waals surface area (Å²) in [6.45, 7) is 0.395. The Kier molecular flexibility index (Phi) is 3.63. The molecule has 1 atom stereocenters. The van der Waals surface area contributed by atoms with Crippen LogP contribution in [0.2, 0.25) is 0 Å². The zero-order valence-corrected chi connectivity index (χ0v) is 12.1. The van der Waals surface area contributed by atoms with Crippen molar-refractivity contribution in [1.29, 1.82) is 0 Å². The highest BCUT2D eigenvalue weighted by Crippen LogP contribution is 2.35. The quantitative estimate of drug-likeness (QED) is 0.929. The van der Waals surface area contributed by atoms with Crippen LogP contribution in [0.3, 0.4) is 0 Å². The van der Waals surface area contributed by atoms with Gasteiger partial charge in [-0.15, -0.1) is 0 Å². The summed E-state index contributed by atoms with van der Waals surface area (Å²) < 4.78 is 25.3. The Hall–Kier alpha value is -1.59. The van der Waals surface area contributed by atoms with E-state index in [0.29, 0.717) is 17.1 Å². The molecule has 0 saturated carbocycles. The first kappa shape index (κ1) is 13.4. The summed E-state index contributed by atoms with van der Waals surface area (Å²) in [4.78, 5) is 0. The highest BCUT2D eigenvalue weighted by Gasteiger charge is 2.22. The first-order chi connectivity index (χ1) is 9.63. The van der Waals surface area contributed by atoms with E-state index in [2.05, 4.69) is 15.9 Å². The summed E-state index contributed by atoms with van der Waals surface area (Å²) in [5, 5.41) is 9.63. The molecular weight excluding hydrogens is 327 g/mol. The summed E-state index contributed by atoms with van der Waals surface area (Å²) in [5.41, 5.74) is 1.23. The van der Waals surface area contributed by atoms with Crippen molar-refractivity contribution in [3.63, 3.8) is 0 Å². The zero-order chi connectivity index (χ0) is 14.1. The fraction of sp³-hybridized carbons (Fsp3) is 0.200. The molecule has 104 valence electrons. The molecule has 20 heavy (non-hydrogen) atoms. The first-order valence-corrected chi connectivity index (χ1v) is 6.94. The fourth-order valence-electron chi connectivity index (χ4n) is 2.08. The van der Waals surface area contributed by atoms with E-state index in [1.165, 1.54) is 6.07 Å². The van der Waals surface area contributed by atoms with Gasteiger partial charge in [0.15, 0.2) is 0 Å². The molecule has 1 aliphatic heterocycles. The van der Waals surface area contributed by atoms with Gasteiger partial charge in [-0.05, 0) is 30.3 Å². The molecule has 0 bridgehead atoms. The fourth-order valence-corrected chi connectivity index (χ4v) is 2.49. The molecule has 1 unspecified atom stereocenters. The van der Waals surface area contributed by atoms with Gasteiger partial charge in [-0.2, -0.15) is 0 Å². The molecule has 2 aromatic rings. The minimum atomic E-state index is -0.582. The van der Waals surface area contributed by atoms with Crippen LogP contribution < -0.4 is 9.47 Å². The van der Waals surface area contributed by atoms with Crippen molar-refractivity contribution in [3.05, 3.63) is 57.8 Å². The van der Waals surface area contributed by atoms with Crippen LogP contribution in [0.4, 0.5) is 4.39 Å². The van der Waals surface area contributed by atoms with E-state index in [1.807, 2.05) is 0 Å². The lowest BCUT2D eigenvalue weighted by molar-refractivity contribution is 0.140. The lowest BCUT2D eigenvalue weighted by Crippen LogP contribution is -1.99. The van der Waals surface area contributed by atoms with Crippen molar-refractivity contribution in [2.75, 3.05) is 6.61 Å². The van der Waals surface area contributed by atoms with E-state index >= 15 is 0 Å². The molecule has 1 aliphatic rings. The van der Waals surface area contributed by atoms with Gasteiger partial charge >= 0.3 is 0 Å². The van der Waals surface area contributed by atoms with Crippen LogP contribution in [0.1, 0.15) is 17.2 Å². The summed E-state index contributed by atoms with van der Waals surface area (Å²) in [5.74, 6) is 0.892. The average molecular weight is 339 g/mol. The van der Waals surface area contributed by atoms with Crippen molar-refractivity contribution in [2.24, 2.45) is 0 Å². The summed E-state index contributed by atoms with van der Waals surface area (Å²) in [6, 6.07) is 9.94. The summed E-state index contributed by atoms with van der Waals surface area (Å²) in [7, 11) is 0. The normalized spacial score (nSPS) is 16.6. The van der Waals surface area contributed by atoms with Gasteiger partial charge in [0.25, 0.3) is 0 Å². The number of hydrogen-bond donors (Lipinski definition) is 1. The van der Waals surface area contributed by atoms with Gasteiger partial charge in [-0.25, -0.2) is 4.39 Å². The molecule has 0 fully saturated rings. The largest absolute Gasteiger partial charge is 0.490 e. The topological polar surface area (TPSA) is 38.7 Å². The highest BCUT2D eigenvalue weighted by atomic mass is 79.9. The maximum atomic E-state index is 13.6. The Morgan fingerprint density at radius 1 is 1.30 bits per heavy atom.